The number of ether oxygens (including phenoxy) is 1. The van der Waals surface area contributed by atoms with Crippen LogP contribution < -0.4 is 9.64 Å². The molecule has 4 aliphatic rings. The van der Waals surface area contributed by atoms with Crippen molar-refractivity contribution in [3.8, 4) is 5.75 Å². The van der Waals surface area contributed by atoms with Crippen molar-refractivity contribution in [3.05, 3.63) is 47.6 Å². The maximum Gasteiger partial charge on any atom is 0.238 e. The number of carbonyl (C=O) groups excluding carboxylic acids is 2. The molecule has 4 heteroatoms. The quantitative estimate of drug-likeness (QED) is 0.601. The second-order valence-electron chi connectivity index (χ2n) is 7.82. The smallest absolute Gasteiger partial charge is 0.238 e. The van der Waals surface area contributed by atoms with Crippen LogP contribution in [0.15, 0.2) is 47.6 Å². The highest BCUT2D eigenvalue weighted by Crippen LogP contribution is 2.58. The number of methoxy groups -OCH3 is 1. The molecule has 1 saturated heterocycles. The lowest BCUT2D eigenvalue weighted by molar-refractivity contribution is -0.122. The third kappa shape index (κ3) is 2.08. The van der Waals surface area contributed by atoms with E-state index in [4.69, 9.17) is 4.74 Å². The lowest BCUT2D eigenvalue weighted by Crippen LogP contribution is -2.33. The number of benzene rings is 1. The van der Waals surface area contributed by atoms with Crippen molar-refractivity contribution in [1.82, 2.24) is 0 Å². The first kappa shape index (κ1) is 15.9. The summed E-state index contributed by atoms with van der Waals surface area (Å²) in [6.07, 6.45) is 10.4. The first-order valence-corrected chi connectivity index (χ1v) is 9.62. The van der Waals surface area contributed by atoms with E-state index in [0.717, 1.165) is 12.8 Å². The summed E-state index contributed by atoms with van der Waals surface area (Å²) in [6, 6.07) is 7.24. The summed E-state index contributed by atoms with van der Waals surface area (Å²) in [4.78, 5) is 27.8. The van der Waals surface area contributed by atoms with Crippen LogP contribution in [-0.2, 0) is 9.59 Å². The fraction of sp³-hybridized carbons (Fsp3) is 0.455. The molecule has 0 radical (unpaired) electrons. The number of allylic oxidation sites excluding steroid dienone is 4. The van der Waals surface area contributed by atoms with Crippen LogP contribution in [-0.4, -0.2) is 18.9 Å². The third-order valence-corrected chi connectivity index (χ3v) is 6.59. The average molecular weight is 349 g/mol. The van der Waals surface area contributed by atoms with Gasteiger partial charge in [0.1, 0.15) is 5.75 Å². The first-order valence-electron chi connectivity index (χ1n) is 9.62. The van der Waals surface area contributed by atoms with Gasteiger partial charge < -0.3 is 4.74 Å². The van der Waals surface area contributed by atoms with Gasteiger partial charge in [0.15, 0.2) is 0 Å². The third-order valence-electron chi connectivity index (χ3n) is 6.59. The van der Waals surface area contributed by atoms with E-state index in [9.17, 15) is 9.59 Å². The van der Waals surface area contributed by atoms with Crippen LogP contribution in [0.25, 0.3) is 0 Å². The van der Waals surface area contributed by atoms with Crippen molar-refractivity contribution in [1.29, 1.82) is 0 Å². The van der Waals surface area contributed by atoms with Gasteiger partial charge in [-0.15, -0.1) is 0 Å². The number of fused-ring (bicyclic) bond motifs is 5. The fourth-order valence-electron chi connectivity index (χ4n) is 5.51. The Morgan fingerprint density at radius 2 is 1.62 bits per heavy atom. The van der Waals surface area contributed by atoms with Gasteiger partial charge in [-0.1, -0.05) is 35.8 Å². The minimum absolute atomic E-state index is 0.0426. The number of nitrogens with zero attached hydrogens (tertiary/aromatic N) is 1. The zero-order valence-electron chi connectivity index (χ0n) is 15.0. The number of hydrogen-bond donors (Lipinski definition) is 0. The molecule has 1 aromatic carbocycles. The second kappa shape index (κ2) is 5.83. The topological polar surface area (TPSA) is 46.6 Å². The summed E-state index contributed by atoms with van der Waals surface area (Å²) in [5.41, 5.74) is 3.56. The molecule has 1 aliphatic heterocycles. The minimum atomic E-state index is -0.215. The normalized spacial score (nSPS) is 32.6. The van der Waals surface area contributed by atoms with Crippen molar-refractivity contribution < 1.29 is 14.3 Å². The molecule has 5 rings (SSSR count). The lowest BCUT2D eigenvalue weighted by Gasteiger charge is -2.23. The van der Waals surface area contributed by atoms with Gasteiger partial charge in [0, 0.05) is 17.9 Å². The van der Waals surface area contributed by atoms with E-state index in [1.54, 1.807) is 13.2 Å². The minimum Gasteiger partial charge on any atom is -0.497 e. The van der Waals surface area contributed by atoms with E-state index in [2.05, 4.69) is 12.2 Å². The maximum atomic E-state index is 13.2. The number of hydrogen-bond acceptors (Lipinski definition) is 3. The summed E-state index contributed by atoms with van der Waals surface area (Å²) in [5.74, 6) is 0.404. The van der Waals surface area contributed by atoms with Gasteiger partial charge in [0.25, 0.3) is 0 Å². The largest absolute Gasteiger partial charge is 0.497 e. The Labute approximate surface area is 153 Å². The SMILES string of the molecule is COc1cccc(N2C(=O)[C@@H]3[C@@H](C2=O)[C@H]2C=C[C@@H]3C2=C2CCCCC2)c1. The van der Waals surface area contributed by atoms with Crippen LogP contribution >= 0.6 is 0 Å². The van der Waals surface area contributed by atoms with Gasteiger partial charge in [-0.05, 0) is 37.8 Å². The monoisotopic (exact) mass is 349 g/mol. The molecule has 134 valence electrons. The Bertz CT molecular complexity index is 811. The highest BCUT2D eigenvalue weighted by atomic mass is 16.5. The molecule has 0 spiro atoms. The molecule has 26 heavy (non-hydrogen) atoms. The molecule has 1 heterocycles. The number of imide groups is 1. The molecule has 4 nitrogen and oxygen atoms in total. The maximum absolute atomic E-state index is 13.2. The Hall–Kier alpha value is -2.36. The van der Waals surface area contributed by atoms with E-state index in [1.165, 1.54) is 35.3 Å². The molecule has 0 N–H and O–H groups in total. The summed E-state index contributed by atoms with van der Waals surface area (Å²) < 4.78 is 5.26. The van der Waals surface area contributed by atoms with Crippen LogP contribution in [0.1, 0.15) is 32.1 Å². The van der Waals surface area contributed by atoms with Crippen LogP contribution in [0.5, 0.6) is 5.75 Å². The van der Waals surface area contributed by atoms with Crippen molar-refractivity contribution in [3.63, 3.8) is 0 Å². The van der Waals surface area contributed by atoms with Gasteiger partial charge in [0.2, 0.25) is 11.8 Å². The molecule has 2 bridgehead atoms. The van der Waals surface area contributed by atoms with Gasteiger partial charge in [-0.3, -0.25) is 9.59 Å². The lowest BCUT2D eigenvalue weighted by atomic mass is 9.85. The first-order chi connectivity index (χ1) is 12.7. The summed E-state index contributed by atoms with van der Waals surface area (Å²) in [7, 11) is 1.59. The van der Waals surface area contributed by atoms with E-state index in [0.29, 0.717) is 11.4 Å². The molecule has 0 unspecified atom stereocenters. The van der Waals surface area contributed by atoms with Crippen LogP contribution in [0.3, 0.4) is 0 Å². The molecule has 1 aromatic rings. The van der Waals surface area contributed by atoms with E-state index in [-0.39, 0.29) is 35.5 Å². The van der Waals surface area contributed by atoms with Gasteiger partial charge in [-0.25, -0.2) is 4.90 Å². The fourth-order valence-corrected chi connectivity index (χ4v) is 5.51. The molecule has 2 saturated carbocycles. The summed E-state index contributed by atoms with van der Waals surface area (Å²) in [6.45, 7) is 0. The molecular weight excluding hydrogens is 326 g/mol. The summed E-state index contributed by atoms with van der Waals surface area (Å²) in [5, 5.41) is 0. The molecule has 3 fully saturated rings. The van der Waals surface area contributed by atoms with Crippen LogP contribution in [0.2, 0.25) is 0 Å². The van der Waals surface area contributed by atoms with Crippen LogP contribution in [0, 0.1) is 23.7 Å². The Kier molecular flexibility index (Phi) is 3.56. The number of carbonyl (C=O) groups is 2. The van der Waals surface area contributed by atoms with E-state index >= 15 is 0 Å². The van der Waals surface area contributed by atoms with Crippen molar-refractivity contribution in [2.24, 2.45) is 23.7 Å². The van der Waals surface area contributed by atoms with E-state index < -0.39 is 0 Å². The zero-order chi connectivity index (χ0) is 17.8. The number of amides is 2. The summed E-state index contributed by atoms with van der Waals surface area (Å²) >= 11 is 0. The molecule has 2 amide bonds. The second-order valence-corrected chi connectivity index (χ2v) is 7.82. The van der Waals surface area contributed by atoms with Gasteiger partial charge >= 0.3 is 0 Å². The Balaban J connectivity index is 1.52. The van der Waals surface area contributed by atoms with Gasteiger partial charge in [-0.2, -0.15) is 0 Å². The Morgan fingerprint density at radius 1 is 0.962 bits per heavy atom. The van der Waals surface area contributed by atoms with Crippen molar-refractivity contribution in [2.75, 3.05) is 12.0 Å². The van der Waals surface area contributed by atoms with Gasteiger partial charge in [0.05, 0.1) is 24.6 Å². The Morgan fingerprint density at radius 3 is 2.23 bits per heavy atom. The van der Waals surface area contributed by atoms with Crippen LogP contribution in [0.4, 0.5) is 5.69 Å². The predicted molar refractivity (Wildman–Crippen MR) is 98.7 cm³/mol. The van der Waals surface area contributed by atoms with Crippen molar-refractivity contribution in [2.45, 2.75) is 32.1 Å². The molecule has 0 aromatic heterocycles. The van der Waals surface area contributed by atoms with E-state index in [1.807, 2.05) is 18.2 Å². The van der Waals surface area contributed by atoms with Crippen molar-refractivity contribution >= 4 is 17.5 Å². The number of rotatable bonds is 2. The molecule has 3 aliphatic carbocycles. The predicted octanol–water partition coefficient (Wildman–Crippen LogP) is 3.88. The highest BCUT2D eigenvalue weighted by Gasteiger charge is 2.62. The number of anilines is 1. The molecule has 4 atom stereocenters. The average Bonchev–Trinajstić information content (AvgIpc) is 3.32. The highest BCUT2D eigenvalue weighted by molar-refractivity contribution is 6.23. The standard InChI is InChI=1S/C22H23NO3/c1-26-15-9-5-8-14(12-15)23-21(24)19-16-10-11-17(20(19)22(23)25)18(16)13-6-3-2-4-7-13/h5,8-12,16-17,19-20H,2-4,6-7H2,1H3/t16-,17+,19-,20-/m0/s1. The molecular formula is C22H23NO3. The zero-order valence-corrected chi connectivity index (χ0v) is 15.0.